The van der Waals surface area contributed by atoms with Crippen molar-refractivity contribution in [3.05, 3.63) is 29.6 Å². The van der Waals surface area contributed by atoms with E-state index >= 15 is 0 Å². The minimum absolute atomic E-state index is 0.175. The van der Waals surface area contributed by atoms with E-state index in [1.165, 1.54) is 18.9 Å². The number of hydrogen-bond donors (Lipinski definition) is 0. The second-order valence-electron chi connectivity index (χ2n) is 5.24. The molecule has 0 amide bonds. The van der Waals surface area contributed by atoms with Gasteiger partial charge in [0.05, 0.1) is 30.0 Å². The van der Waals surface area contributed by atoms with Gasteiger partial charge in [0, 0.05) is 6.54 Å². The van der Waals surface area contributed by atoms with E-state index in [1.807, 2.05) is 6.07 Å². The van der Waals surface area contributed by atoms with Crippen LogP contribution in [0.1, 0.15) is 36.0 Å². The van der Waals surface area contributed by atoms with Gasteiger partial charge in [0.25, 0.3) is 0 Å². The summed E-state index contributed by atoms with van der Waals surface area (Å²) in [7, 11) is 0. The Labute approximate surface area is 112 Å². The van der Waals surface area contributed by atoms with Crippen molar-refractivity contribution in [2.45, 2.75) is 37.8 Å². The molecule has 0 radical (unpaired) electrons. The summed E-state index contributed by atoms with van der Waals surface area (Å²) >= 11 is 0. The molecule has 1 aromatic rings. The van der Waals surface area contributed by atoms with Crippen molar-refractivity contribution in [2.24, 2.45) is 0 Å². The third-order valence-electron chi connectivity index (χ3n) is 4.19. The van der Waals surface area contributed by atoms with E-state index in [2.05, 4.69) is 4.90 Å². The van der Waals surface area contributed by atoms with Gasteiger partial charge in [-0.25, -0.2) is 4.39 Å². The molecule has 4 heteroatoms. The van der Waals surface area contributed by atoms with Crippen LogP contribution in [0.4, 0.5) is 10.1 Å². The first kappa shape index (κ1) is 12.6. The summed E-state index contributed by atoms with van der Waals surface area (Å²) in [5.74, 6) is -0.439. The Morgan fingerprint density at radius 1 is 1.32 bits per heavy atom. The molecule has 19 heavy (non-hydrogen) atoms. The number of rotatable bonds is 2. The maximum atomic E-state index is 13.7. The first-order chi connectivity index (χ1) is 9.31. The highest BCUT2D eigenvalue weighted by Gasteiger charge is 2.35. The van der Waals surface area contributed by atoms with Crippen LogP contribution in [0.25, 0.3) is 0 Å². The zero-order chi connectivity index (χ0) is 13.2. The van der Waals surface area contributed by atoms with E-state index in [1.54, 1.807) is 6.07 Å². The smallest absolute Gasteiger partial charge is 0.155 e. The molecule has 0 N–H and O–H groups in total. The molecule has 3 rings (SSSR count). The van der Waals surface area contributed by atoms with Gasteiger partial charge in [-0.1, -0.05) is 18.9 Å². The molecule has 2 atom stereocenters. The van der Waals surface area contributed by atoms with Crippen molar-refractivity contribution in [3.8, 4) is 0 Å². The molecule has 1 aromatic carbocycles. The molecule has 2 unspecified atom stereocenters. The van der Waals surface area contributed by atoms with Crippen LogP contribution >= 0.6 is 0 Å². The van der Waals surface area contributed by atoms with Gasteiger partial charge in [0.15, 0.2) is 6.29 Å². The van der Waals surface area contributed by atoms with Crippen LogP contribution < -0.4 is 4.90 Å². The molecule has 1 aliphatic carbocycles. The monoisotopic (exact) mass is 263 g/mol. The largest absolute Gasteiger partial charge is 0.374 e. The zero-order valence-electron chi connectivity index (χ0n) is 10.8. The molecule has 102 valence electrons. The molecule has 0 spiro atoms. The molecule has 1 saturated carbocycles. The molecular formula is C15H18FNO2. The average molecular weight is 263 g/mol. The number of morpholine rings is 1. The van der Waals surface area contributed by atoms with Gasteiger partial charge in [0.2, 0.25) is 0 Å². The van der Waals surface area contributed by atoms with E-state index in [0.29, 0.717) is 12.9 Å². The van der Waals surface area contributed by atoms with E-state index in [9.17, 15) is 9.18 Å². The van der Waals surface area contributed by atoms with Crippen molar-refractivity contribution in [1.82, 2.24) is 0 Å². The van der Waals surface area contributed by atoms with E-state index < -0.39 is 5.82 Å². The number of benzene rings is 1. The number of hydrogen-bond acceptors (Lipinski definition) is 3. The molecule has 0 aromatic heterocycles. The Morgan fingerprint density at radius 3 is 3.00 bits per heavy atom. The second-order valence-corrected chi connectivity index (χ2v) is 5.24. The number of nitrogens with zero attached hydrogens (tertiary/aromatic N) is 1. The Morgan fingerprint density at radius 2 is 2.16 bits per heavy atom. The maximum Gasteiger partial charge on any atom is 0.155 e. The average Bonchev–Trinajstić information content (AvgIpc) is 2.46. The van der Waals surface area contributed by atoms with Crippen molar-refractivity contribution >= 4 is 12.0 Å². The summed E-state index contributed by atoms with van der Waals surface area (Å²) in [5.41, 5.74) is 0.893. The van der Waals surface area contributed by atoms with Gasteiger partial charge >= 0.3 is 0 Å². The summed E-state index contributed by atoms with van der Waals surface area (Å²) in [6.07, 6.45) is 5.33. The molecule has 1 saturated heterocycles. The Hall–Kier alpha value is -1.42. The van der Waals surface area contributed by atoms with E-state index in [-0.39, 0.29) is 17.7 Å². The van der Waals surface area contributed by atoms with Gasteiger partial charge in [0.1, 0.15) is 5.82 Å². The van der Waals surface area contributed by atoms with Gasteiger partial charge in [-0.15, -0.1) is 0 Å². The fourth-order valence-corrected chi connectivity index (χ4v) is 3.29. The molecule has 1 aliphatic heterocycles. The first-order valence-corrected chi connectivity index (χ1v) is 6.93. The van der Waals surface area contributed by atoms with Crippen LogP contribution in [-0.4, -0.2) is 31.6 Å². The van der Waals surface area contributed by atoms with Crippen molar-refractivity contribution in [3.63, 3.8) is 0 Å². The summed E-state index contributed by atoms with van der Waals surface area (Å²) in [4.78, 5) is 13.3. The Balaban J connectivity index is 1.96. The van der Waals surface area contributed by atoms with Crippen LogP contribution in [0.3, 0.4) is 0 Å². The van der Waals surface area contributed by atoms with Gasteiger partial charge in [-0.2, -0.15) is 0 Å². The van der Waals surface area contributed by atoms with E-state index in [4.69, 9.17) is 4.74 Å². The van der Waals surface area contributed by atoms with Crippen molar-refractivity contribution in [1.29, 1.82) is 0 Å². The third kappa shape index (κ3) is 2.25. The lowest BCUT2D eigenvalue weighted by atomic mass is 9.89. The SMILES string of the molecule is O=Cc1c(F)cccc1N1CCOC2CCCCC21. The molecule has 2 fully saturated rings. The standard InChI is InChI=1S/C15H18FNO2/c16-12-4-3-6-13(11(12)10-18)17-8-9-19-15-7-2-1-5-14(15)17/h3-4,6,10,14-15H,1-2,5,7-9H2. The number of carbonyl (C=O) groups excluding carboxylic acids is 1. The lowest BCUT2D eigenvalue weighted by Gasteiger charge is -2.45. The number of halogens is 1. The quantitative estimate of drug-likeness (QED) is 0.768. The van der Waals surface area contributed by atoms with Crippen LogP contribution in [0.5, 0.6) is 0 Å². The fraction of sp³-hybridized carbons (Fsp3) is 0.533. The number of anilines is 1. The first-order valence-electron chi connectivity index (χ1n) is 6.93. The van der Waals surface area contributed by atoms with Crippen LogP contribution in [0.15, 0.2) is 18.2 Å². The van der Waals surface area contributed by atoms with Crippen LogP contribution in [0, 0.1) is 5.82 Å². The topological polar surface area (TPSA) is 29.5 Å². The minimum atomic E-state index is -0.439. The fourth-order valence-electron chi connectivity index (χ4n) is 3.29. The molecule has 3 nitrogen and oxygen atoms in total. The van der Waals surface area contributed by atoms with Crippen molar-refractivity contribution in [2.75, 3.05) is 18.1 Å². The predicted octanol–water partition coefficient (Wildman–Crippen LogP) is 2.79. The van der Waals surface area contributed by atoms with E-state index in [0.717, 1.165) is 25.1 Å². The summed E-state index contributed by atoms with van der Waals surface area (Å²) in [5, 5.41) is 0. The Bertz CT molecular complexity index is 475. The van der Waals surface area contributed by atoms with Crippen LogP contribution in [0.2, 0.25) is 0 Å². The minimum Gasteiger partial charge on any atom is -0.374 e. The Kier molecular flexibility index (Phi) is 3.51. The number of carbonyl (C=O) groups is 1. The maximum absolute atomic E-state index is 13.7. The van der Waals surface area contributed by atoms with Gasteiger partial charge in [-0.05, 0) is 25.0 Å². The number of aldehydes is 1. The zero-order valence-corrected chi connectivity index (χ0v) is 10.8. The summed E-state index contributed by atoms with van der Waals surface area (Å²) in [6.45, 7) is 1.38. The highest BCUT2D eigenvalue weighted by atomic mass is 19.1. The van der Waals surface area contributed by atoms with Crippen LogP contribution in [-0.2, 0) is 4.74 Å². The lowest BCUT2D eigenvalue weighted by Crippen LogP contribution is -2.53. The summed E-state index contributed by atoms with van der Waals surface area (Å²) in [6, 6.07) is 5.13. The number of ether oxygens (including phenoxy) is 1. The number of fused-ring (bicyclic) bond motifs is 1. The predicted molar refractivity (Wildman–Crippen MR) is 71.1 cm³/mol. The van der Waals surface area contributed by atoms with Gasteiger partial charge in [-0.3, -0.25) is 4.79 Å². The second kappa shape index (κ2) is 5.29. The lowest BCUT2D eigenvalue weighted by molar-refractivity contribution is -0.00873. The van der Waals surface area contributed by atoms with Crippen molar-refractivity contribution < 1.29 is 13.9 Å². The molecule has 0 bridgehead atoms. The normalized spacial score (nSPS) is 26.9. The highest BCUT2D eigenvalue weighted by molar-refractivity contribution is 5.85. The molecule has 1 heterocycles. The third-order valence-corrected chi connectivity index (χ3v) is 4.19. The molecular weight excluding hydrogens is 245 g/mol. The highest BCUT2D eigenvalue weighted by Crippen LogP contribution is 2.33. The molecule has 2 aliphatic rings. The van der Waals surface area contributed by atoms with Gasteiger partial charge < -0.3 is 9.64 Å². The summed E-state index contributed by atoms with van der Waals surface area (Å²) < 4.78 is 19.6.